The fourth-order valence-corrected chi connectivity index (χ4v) is 3.36. The van der Waals surface area contributed by atoms with E-state index in [-0.39, 0.29) is 0 Å². The van der Waals surface area contributed by atoms with Crippen molar-refractivity contribution in [3.63, 3.8) is 0 Å². The highest BCUT2D eigenvalue weighted by atomic mass is 32.2. The maximum absolute atomic E-state index is 11.6. The number of sulfone groups is 1. The van der Waals surface area contributed by atoms with Crippen molar-refractivity contribution in [1.29, 1.82) is 0 Å². The van der Waals surface area contributed by atoms with Crippen molar-refractivity contribution < 1.29 is 8.42 Å². The lowest BCUT2D eigenvalue weighted by atomic mass is 10.2. The molecule has 0 saturated carbocycles. The van der Waals surface area contributed by atoms with Crippen LogP contribution in [0.15, 0.2) is 0 Å². The molecule has 0 amide bonds. The van der Waals surface area contributed by atoms with E-state index in [4.69, 9.17) is 0 Å². The number of anilines is 1. The molecule has 1 unspecified atom stereocenters. The van der Waals surface area contributed by atoms with Gasteiger partial charge < -0.3 is 5.32 Å². The van der Waals surface area contributed by atoms with Crippen LogP contribution in [0.4, 0.5) is 5.82 Å². The first-order valence-electron chi connectivity index (χ1n) is 5.89. The first-order valence-corrected chi connectivity index (χ1v) is 7.85. The third-order valence-electron chi connectivity index (χ3n) is 3.07. The van der Waals surface area contributed by atoms with Gasteiger partial charge in [-0.15, -0.1) is 0 Å². The van der Waals surface area contributed by atoms with Gasteiger partial charge in [-0.2, -0.15) is 5.10 Å². The minimum Gasteiger partial charge on any atom is -0.368 e. The summed E-state index contributed by atoms with van der Waals surface area (Å²) in [5, 5.41) is 9.90. The molecule has 1 heterocycles. The van der Waals surface area contributed by atoms with Crippen molar-refractivity contribution in [1.82, 2.24) is 10.2 Å². The number of aromatic nitrogens is 2. The Bertz CT molecular complexity index is 505. The van der Waals surface area contributed by atoms with E-state index in [0.29, 0.717) is 12.3 Å². The van der Waals surface area contributed by atoms with E-state index in [1.54, 1.807) is 0 Å². The molecule has 0 spiro atoms. The average Bonchev–Trinajstić information content (AvgIpc) is 2.72. The molecular weight excluding hydrogens is 238 g/mol. The van der Waals surface area contributed by atoms with Crippen molar-refractivity contribution >= 4 is 15.7 Å². The van der Waals surface area contributed by atoms with Crippen molar-refractivity contribution in [2.45, 2.75) is 31.9 Å². The number of hydrogen-bond donors (Lipinski definition) is 2. The Labute approximate surface area is 102 Å². The number of H-pyrrole nitrogens is 1. The normalized spacial score (nSPS) is 19.6. The largest absolute Gasteiger partial charge is 0.368 e. The van der Waals surface area contributed by atoms with E-state index >= 15 is 0 Å². The van der Waals surface area contributed by atoms with Gasteiger partial charge in [0.15, 0.2) is 15.7 Å². The molecule has 1 atom stereocenters. The summed E-state index contributed by atoms with van der Waals surface area (Å²) in [5.74, 6) is 1.36. The highest BCUT2D eigenvalue weighted by Gasteiger charge is 2.34. The molecule has 17 heavy (non-hydrogen) atoms. The molecule has 0 bridgehead atoms. The Morgan fingerprint density at radius 2 is 2.24 bits per heavy atom. The van der Waals surface area contributed by atoms with Crippen LogP contribution in [-0.4, -0.2) is 31.4 Å². The molecule has 0 fully saturated rings. The van der Waals surface area contributed by atoms with Gasteiger partial charge in [-0.1, -0.05) is 13.8 Å². The summed E-state index contributed by atoms with van der Waals surface area (Å²) < 4.78 is 23.2. The first-order chi connectivity index (χ1) is 7.89. The standard InChI is InChI=1S/C11H19N3O2S/c1-7(2)6-12-11-8-4-5-9(17(3,15)16)10(8)13-14-11/h7,9H,4-6H2,1-3H3,(H2,12,13,14). The Kier molecular flexibility index (Phi) is 3.16. The smallest absolute Gasteiger partial charge is 0.156 e. The summed E-state index contributed by atoms with van der Waals surface area (Å²) in [7, 11) is -3.03. The Hall–Kier alpha value is -1.04. The molecular formula is C11H19N3O2S. The van der Waals surface area contributed by atoms with Crippen molar-refractivity contribution in [2.24, 2.45) is 5.92 Å². The van der Waals surface area contributed by atoms with E-state index in [1.165, 1.54) is 6.26 Å². The molecule has 0 radical (unpaired) electrons. The highest BCUT2D eigenvalue weighted by molar-refractivity contribution is 7.90. The molecule has 2 N–H and O–H groups in total. The summed E-state index contributed by atoms with van der Waals surface area (Å²) in [5.41, 5.74) is 1.82. The zero-order valence-corrected chi connectivity index (χ0v) is 11.3. The van der Waals surface area contributed by atoms with Gasteiger partial charge >= 0.3 is 0 Å². The van der Waals surface area contributed by atoms with Gasteiger partial charge in [0.1, 0.15) is 5.25 Å². The summed E-state index contributed by atoms with van der Waals surface area (Å²) >= 11 is 0. The van der Waals surface area contributed by atoms with Crippen molar-refractivity contribution in [2.75, 3.05) is 18.1 Å². The number of nitrogens with zero attached hydrogens (tertiary/aromatic N) is 1. The molecule has 0 aromatic carbocycles. The number of fused-ring (bicyclic) bond motifs is 1. The lowest BCUT2D eigenvalue weighted by Crippen LogP contribution is -2.09. The van der Waals surface area contributed by atoms with E-state index in [9.17, 15) is 8.42 Å². The van der Waals surface area contributed by atoms with Gasteiger partial charge in [-0.3, -0.25) is 5.10 Å². The van der Waals surface area contributed by atoms with Gasteiger partial charge in [0.2, 0.25) is 0 Å². The second kappa shape index (κ2) is 4.33. The van der Waals surface area contributed by atoms with Gasteiger partial charge in [-0.25, -0.2) is 8.42 Å². The molecule has 1 aromatic rings. The molecule has 0 aliphatic heterocycles. The number of hydrogen-bond acceptors (Lipinski definition) is 4. The fourth-order valence-electron chi connectivity index (χ4n) is 2.19. The van der Waals surface area contributed by atoms with Crippen LogP contribution < -0.4 is 5.32 Å². The molecule has 1 aliphatic rings. The van der Waals surface area contributed by atoms with Crippen LogP contribution in [-0.2, 0) is 16.3 Å². The fraction of sp³-hybridized carbons (Fsp3) is 0.727. The Morgan fingerprint density at radius 3 is 2.82 bits per heavy atom. The Morgan fingerprint density at radius 1 is 1.53 bits per heavy atom. The summed E-state index contributed by atoms with van der Waals surface area (Å²) in [6.07, 6.45) is 2.73. The molecule has 1 aromatic heterocycles. The van der Waals surface area contributed by atoms with E-state index in [2.05, 4.69) is 29.4 Å². The van der Waals surface area contributed by atoms with Gasteiger partial charge in [0.05, 0.1) is 5.69 Å². The summed E-state index contributed by atoms with van der Waals surface area (Å²) in [6, 6.07) is 0. The number of nitrogens with one attached hydrogen (secondary N) is 2. The lowest BCUT2D eigenvalue weighted by Gasteiger charge is -2.06. The van der Waals surface area contributed by atoms with E-state index in [0.717, 1.165) is 30.0 Å². The van der Waals surface area contributed by atoms with Crippen LogP contribution >= 0.6 is 0 Å². The van der Waals surface area contributed by atoms with Gasteiger partial charge in [-0.05, 0) is 18.8 Å². The second-order valence-corrected chi connectivity index (χ2v) is 7.32. The third kappa shape index (κ3) is 2.46. The summed E-state index contributed by atoms with van der Waals surface area (Å²) in [4.78, 5) is 0. The minimum absolute atomic E-state index is 0.403. The first kappa shape index (κ1) is 12.4. The molecule has 1 aliphatic carbocycles. The molecule has 6 heteroatoms. The monoisotopic (exact) mass is 257 g/mol. The third-order valence-corrected chi connectivity index (χ3v) is 4.58. The molecule has 5 nitrogen and oxygen atoms in total. The molecule has 2 rings (SSSR count). The minimum atomic E-state index is -3.03. The zero-order chi connectivity index (χ0) is 12.6. The van der Waals surface area contributed by atoms with Crippen LogP contribution in [0.2, 0.25) is 0 Å². The van der Waals surface area contributed by atoms with Gasteiger partial charge in [0.25, 0.3) is 0 Å². The quantitative estimate of drug-likeness (QED) is 0.857. The van der Waals surface area contributed by atoms with Crippen LogP contribution in [0.25, 0.3) is 0 Å². The van der Waals surface area contributed by atoms with Gasteiger partial charge in [0, 0.05) is 18.4 Å². The van der Waals surface area contributed by atoms with E-state index in [1.807, 2.05) is 0 Å². The summed E-state index contributed by atoms with van der Waals surface area (Å²) in [6.45, 7) is 5.10. The topological polar surface area (TPSA) is 74.8 Å². The van der Waals surface area contributed by atoms with Crippen molar-refractivity contribution in [3.05, 3.63) is 11.3 Å². The predicted octanol–water partition coefficient (Wildman–Crippen LogP) is 1.51. The Balaban J connectivity index is 2.21. The second-order valence-electron chi connectivity index (χ2n) is 5.10. The van der Waals surface area contributed by atoms with Crippen LogP contribution in [0, 0.1) is 5.92 Å². The molecule has 96 valence electrons. The predicted molar refractivity (Wildman–Crippen MR) is 67.8 cm³/mol. The maximum atomic E-state index is 11.6. The molecule has 0 saturated heterocycles. The maximum Gasteiger partial charge on any atom is 0.156 e. The number of aromatic amines is 1. The van der Waals surface area contributed by atoms with Crippen LogP contribution in [0.3, 0.4) is 0 Å². The zero-order valence-electron chi connectivity index (χ0n) is 10.4. The number of rotatable bonds is 4. The highest BCUT2D eigenvalue weighted by Crippen LogP contribution is 2.38. The van der Waals surface area contributed by atoms with Crippen LogP contribution in [0.5, 0.6) is 0 Å². The van der Waals surface area contributed by atoms with Crippen LogP contribution in [0.1, 0.15) is 36.8 Å². The average molecular weight is 257 g/mol. The lowest BCUT2D eigenvalue weighted by molar-refractivity contribution is 0.585. The van der Waals surface area contributed by atoms with E-state index < -0.39 is 15.1 Å². The SMILES string of the molecule is CC(C)CNc1n[nH]c2c1CCC2S(C)(=O)=O. The van der Waals surface area contributed by atoms with Crippen molar-refractivity contribution in [3.8, 4) is 0 Å².